The second-order valence-electron chi connectivity index (χ2n) is 6.23. The zero-order chi connectivity index (χ0) is 17.6. The zero-order valence-corrected chi connectivity index (χ0v) is 14.3. The fraction of sp³-hybridized carbons (Fsp3) is 0.316. The number of amides is 2. The molecule has 0 atom stereocenters. The minimum absolute atomic E-state index is 0.395. The maximum atomic E-state index is 12.3. The summed E-state index contributed by atoms with van der Waals surface area (Å²) in [6.07, 6.45) is 1.66. The van der Waals surface area contributed by atoms with E-state index in [-0.39, 0.29) is 0 Å². The molecule has 2 heterocycles. The van der Waals surface area contributed by atoms with E-state index >= 15 is 0 Å². The Hall–Kier alpha value is -2.73. The van der Waals surface area contributed by atoms with Crippen LogP contribution in [-0.2, 0) is 16.1 Å². The van der Waals surface area contributed by atoms with Gasteiger partial charge in [0.1, 0.15) is 5.82 Å². The highest BCUT2D eigenvalue weighted by molar-refractivity contribution is 6.39. The normalized spacial score (nSPS) is 15.0. The maximum absolute atomic E-state index is 12.3. The topological polar surface area (TPSA) is 65.5 Å². The number of carbonyl (C=O) groups is 2. The van der Waals surface area contributed by atoms with Gasteiger partial charge < -0.3 is 10.2 Å². The van der Waals surface area contributed by atoms with E-state index in [1.807, 2.05) is 31.2 Å². The predicted molar refractivity (Wildman–Crippen MR) is 95.9 cm³/mol. The summed E-state index contributed by atoms with van der Waals surface area (Å²) in [6.45, 7) is 5.41. The second-order valence-corrected chi connectivity index (χ2v) is 6.23. The molecule has 3 rings (SSSR count). The van der Waals surface area contributed by atoms with Gasteiger partial charge >= 0.3 is 11.8 Å². The summed E-state index contributed by atoms with van der Waals surface area (Å²) in [7, 11) is 0. The van der Waals surface area contributed by atoms with Crippen LogP contribution in [0.3, 0.4) is 0 Å². The predicted octanol–water partition coefficient (Wildman–Crippen LogP) is 1.67. The molecule has 2 aromatic rings. The highest BCUT2D eigenvalue weighted by Gasteiger charge is 2.26. The number of nitrogens with one attached hydrogen (secondary N) is 1. The quantitative estimate of drug-likeness (QED) is 0.865. The van der Waals surface area contributed by atoms with E-state index in [2.05, 4.69) is 27.3 Å². The zero-order valence-electron chi connectivity index (χ0n) is 14.3. The molecule has 130 valence electrons. The number of aryl methyl sites for hydroxylation is 1. The molecule has 1 fully saturated rings. The van der Waals surface area contributed by atoms with E-state index in [0.29, 0.717) is 18.9 Å². The number of aromatic nitrogens is 1. The highest BCUT2D eigenvalue weighted by Crippen LogP contribution is 2.09. The largest absolute Gasteiger partial charge is 0.332 e. The Bertz CT molecular complexity index is 723. The summed E-state index contributed by atoms with van der Waals surface area (Å²) in [4.78, 5) is 32.4. The van der Waals surface area contributed by atoms with Gasteiger partial charge in [-0.25, -0.2) is 4.98 Å². The SMILES string of the molecule is Cc1ccc(NC(=O)C(=O)N2CCN(Cc3ccccc3)CC2)nc1. The van der Waals surface area contributed by atoms with Crippen LogP contribution in [0.25, 0.3) is 0 Å². The standard InChI is InChI=1S/C19H22N4O2/c1-15-7-8-17(20-13-15)21-18(24)19(25)23-11-9-22(10-12-23)14-16-5-3-2-4-6-16/h2-8,13H,9-12,14H2,1H3,(H,20,21,24). The molecule has 0 spiro atoms. The van der Waals surface area contributed by atoms with E-state index in [4.69, 9.17) is 0 Å². The highest BCUT2D eigenvalue weighted by atomic mass is 16.2. The van der Waals surface area contributed by atoms with E-state index in [1.54, 1.807) is 17.2 Å². The molecule has 0 radical (unpaired) electrons. The fourth-order valence-corrected chi connectivity index (χ4v) is 2.81. The Morgan fingerprint density at radius 3 is 2.40 bits per heavy atom. The van der Waals surface area contributed by atoms with Crippen molar-refractivity contribution in [1.29, 1.82) is 0 Å². The van der Waals surface area contributed by atoms with Crippen LogP contribution in [0.5, 0.6) is 0 Å². The molecular weight excluding hydrogens is 316 g/mol. The molecule has 1 aliphatic rings. The molecule has 25 heavy (non-hydrogen) atoms. The van der Waals surface area contributed by atoms with Crippen LogP contribution in [0.15, 0.2) is 48.7 Å². The van der Waals surface area contributed by atoms with Crippen LogP contribution in [0.2, 0.25) is 0 Å². The number of benzene rings is 1. The van der Waals surface area contributed by atoms with Crippen molar-refractivity contribution >= 4 is 17.6 Å². The van der Waals surface area contributed by atoms with E-state index in [9.17, 15) is 9.59 Å². The van der Waals surface area contributed by atoms with Gasteiger partial charge in [-0.15, -0.1) is 0 Å². The lowest BCUT2D eigenvalue weighted by atomic mass is 10.2. The van der Waals surface area contributed by atoms with E-state index in [0.717, 1.165) is 25.2 Å². The Balaban J connectivity index is 1.49. The van der Waals surface area contributed by atoms with Crippen molar-refractivity contribution < 1.29 is 9.59 Å². The van der Waals surface area contributed by atoms with Gasteiger partial charge in [0.15, 0.2) is 0 Å². The summed E-state index contributed by atoms with van der Waals surface area (Å²) in [6, 6.07) is 13.8. The lowest BCUT2D eigenvalue weighted by molar-refractivity contribution is -0.144. The summed E-state index contributed by atoms with van der Waals surface area (Å²) < 4.78 is 0. The molecule has 0 saturated carbocycles. The number of rotatable bonds is 3. The van der Waals surface area contributed by atoms with Crippen LogP contribution in [0, 0.1) is 6.92 Å². The number of hydrogen-bond acceptors (Lipinski definition) is 4. The van der Waals surface area contributed by atoms with Crippen molar-refractivity contribution in [3.63, 3.8) is 0 Å². The van der Waals surface area contributed by atoms with Crippen LogP contribution < -0.4 is 5.32 Å². The minimum Gasteiger partial charge on any atom is -0.332 e. The van der Waals surface area contributed by atoms with Gasteiger partial charge in [-0.2, -0.15) is 0 Å². The Morgan fingerprint density at radius 2 is 1.76 bits per heavy atom. The van der Waals surface area contributed by atoms with Crippen LogP contribution in [0.1, 0.15) is 11.1 Å². The van der Waals surface area contributed by atoms with Crippen molar-refractivity contribution in [3.8, 4) is 0 Å². The average Bonchev–Trinajstić information content (AvgIpc) is 2.64. The van der Waals surface area contributed by atoms with Crippen molar-refractivity contribution in [1.82, 2.24) is 14.8 Å². The van der Waals surface area contributed by atoms with Gasteiger partial charge in [0, 0.05) is 38.9 Å². The first kappa shape index (κ1) is 17.1. The number of carbonyl (C=O) groups excluding carboxylic acids is 2. The maximum Gasteiger partial charge on any atom is 0.315 e. The summed E-state index contributed by atoms with van der Waals surface area (Å²) in [5.74, 6) is -0.735. The molecule has 2 amide bonds. The fourth-order valence-electron chi connectivity index (χ4n) is 2.81. The van der Waals surface area contributed by atoms with Gasteiger partial charge in [0.25, 0.3) is 0 Å². The number of piperazine rings is 1. The third-order valence-electron chi connectivity index (χ3n) is 4.26. The van der Waals surface area contributed by atoms with E-state index in [1.165, 1.54) is 5.56 Å². The van der Waals surface area contributed by atoms with Crippen LogP contribution in [0.4, 0.5) is 5.82 Å². The smallest absolute Gasteiger partial charge is 0.315 e. The number of pyridine rings is 1. The molecule has 6 nitrogen and oxygen atoms in total. The Labute approximate surface area is 147 Å². The Kier molecular flexibility index (Phi) is 5.40. The van der Waals surface area contributed by atoms with Crippen molar-refractivity contribution in [2.24, 2.45) is 0 Å². The molecule has 6 heteroatoms. The number of anilines is 1. The van der Waals surface area contributed by atoms with Gasteiger partial charge in [0.2, 0.25) is 0 Å². The molecule has 1 aromatic carbocycles. The molecule has 1 aliphatic heterocycles. The molecule has 1 N–H and O–H groups in total. The minimum atomic E-state index is -0.632. The van der Waals surface area contributed by atoms with E-state index < -0.39 is 11.8 Å². The average molecular weight is 338 g/mol. The molecule has 1 saturated heterocycles. The van der Waals surface area contributed by atoms with Crippen molar-refractivity contribution in [2.75, 3.05) is 31.5 Å². The monoisotopic (exact) mass is 338 g/mol. The lowest BCUT2D eigenvalue weighted by Crippen LogP contribution is -2.51. The van der Waals surface area contributed by atoms with Gasteiger partial charge in [0.05, 0.1) is 0 Å². The first-order chi connectivity index (χ1) is 12.1. The van der Waals surface area contributed by atoms with Crippen molar-refractivity contribution in [2.45, 2.75) is 13.5 Å². The van der Waals surface area contributed by atoms with Crippen LogP contribution in [-0.4, -0.2) is 52.8 Å². The number of hydrogen-bond donors (Lipinski definition) is 1. The van der Waals surface area contributed by atoms with Gasteiger partial charge in [-0.05, 0) is 24.1 Å². The second kappa shape index (κ2) is 7.90. The summed E-state index contributed by atoms with van der Waals surface area (Å²) >= 11 is 0. The van der Waals surface area contributed by atoms with Crippen LogP contribution >= 0.6 is 0 Å². The van der Waals surface area contributed by atoms with Gasteiger partial charge in [-0.1, -0.05) is 36.4 Å². The number of nitrogens with zero attached hydrogens (tertiary/aromatic N) is 3. The molecule has 0 aliphatic carbocycles. The summed E-state index contributed by atoms with van der Waals surface area (Å²) in [5.41, 5.74) is 2.25. The summed E-state index contributed by atoms with van der Waals surface area (Å²) in [5, 5.41) is 2.56. The van der Waals surface area contributed by atoms with Gasteiger partial charge in [-0.3, -0.25) is 14.5 Å². The molecule has 0 unspecified atom stereocenters. The third kappa shape index (κ3) is 4.64. The third-order valence-corrected chi connectivity index (χ3v) is 4.26. The first-order valence-electron chi connectivity index (χ1n) is 8.41. The molecule has 0 bridgehead atoms. The van der Waals surface area contributed by atoms with Crippen molar-refractivity contribution in [3.05, 3.63) is 59.8 Å². The first-order valence-corrected chi connectivity index (χ1v) is 8.41. The molecule has 1 aromatic heterocycles. The lowest BCUT2D eigenvalue weighted by Gasteiger charge is -2.34. The molecular formula is C19H22N4O2. The Morgan fingerprint density at radius 1 is 1.04 bits per heavy atom.